The summed E-state index contributed by atoms with van der Waals surface area (Å²) in [5.74, 6) is -0.0295. The summed E-state index contributed by atoms with van der Waals surface area (Å²) in [6.07, 6.45) is 0. The van der Waals surface area contributed by atoms with E-state index in [1.165, 1.54) is 25.6 Å². The number of carbonyl (C=O) groups excluding carboxylic acids is 1. The smallest absolute Gasteiger partial charge is 0.332 e. The number of carbonyl (C=O) groups is 1. The summed E-state index contributed by atoms with van der Waals surface area (Å²) in [7, 11) is 2.94. The van der Waals surface area contributed by atoms with Gasteiger partial charge in [-0.05, 0) is 0 Å². The number of esters is 1. The van der Waals surface area contributed by atoms with Crippen molar-refractivity contribution in [3.63, 3.8) is 0 Å². The lowest BCUT2D eigenvalue weighted by Gasteiger charge is -2.02. The molecule has 0 aliphatic carbocycles. The molecular weight excluding hydrogens is 266 g/mol. The predicted octanol–water partition coefficient (Wildman–Crippen LogP) is -1.06. The molecule has 20 heavy (non-hydrogen) atoms. The normalized spacial score (nSPS) is 10.8. The first kappa shape index (κ1) is 13.8. The van der Waals surface area contributed by atoms with Crippen molar-refractivity contribution >= 4 is 23.1 Å². The molecule has 108 valence electrons. The van der Waals surface area contributed by atoms with Crippen LogP contribution < -0.4 is 16.6 Å². The molecule has 9 nitrogen and oxygen atoms in total. The van der Waals surface area contributed by atoms with Gasteiger partial charge in [0.25, 0.3) is 5.56 Å². The van der Waals surface area contributed by atoms with E-state index in [-0.39, 0.29) is 23.7 Å². The van der Waals surface area contributed by atoms with Crippen molar-refractivity contribution in [2.75, 3.05) is 18.5 Å². The van der Waals surface area contributed by atoms with Crippen LogP contribution in [0, 0.1) is 0 Å². The lowest BCUT2D eigenvalue weighted by molar-refractivity contribution is -0.140. The van der Waals surface area contributed by atoms with Crippen molar-refractivity contribution in [3.8, 4) is 0 Å². The molecule has 9 heteroatoms. The van der Waals surface area contributed by atoms with Crippen molar-refractivity contribution in [3.05, 3.63) is 20.8 Å². The summed E-state index contributed by atoms with van der Waals surface area (Å²) in [5, 5.41) is 2.88. The number of H-pyrrole nitrogens is 1. The van der Waals surface area contributed by atoms with Gasteiger partial charge in [0.15, 0.2) is 11.2 Å². The largest absolute Gasteiger partial charge is 0.464 e. The van der Waals surface area contributed by atoms with Crippen LogP contribution in [0.15, 0.2) is 9.59 Å². The van der Waals surface area contributed by atoms with Crippen LogP contribution in [-0.2, 0) is 23.6 Å². The van der Waals surface area contributed by atoms with E-state index >= 15 is 0 Å². The lowest BCUT2D eigenvalue weighted by atomic mass is 10.5. The molecule has 0 saturated heterocycles. The molecule has 0 atom stereocenters. The Morgan fingerprint density at radius 3 is 2.70 bits per heavy atom. The minimum absolute atomic E-state index is 0.184. The Balaban J connectivity index is 2.28. The molecule has 0 spiro atoms. The van der Waals surface area contributed by atoms with Crippen LogP contribution in [0.4, 0.5) is 5.95 Å². The Morgan fingerprint density at radius 2 is 2.05 bits per heavy atom. The number of nitrogens with zero attached hydrogens (tertiary/aromatic N) is 3. The molecule has 2 rings (SSSR count). The number of hydrogen-bond acceptors (Lipinski definition) is 6. The Hall–Kier alpha value is -2.58. The van der Waals surface area contributed by atoms with Crippen LogP contribution in [0.3, 0.4) is 0 Å². The zero-order chi connectivity index (χ0) is 14.9. The van der Waals surface area contributed by atoms with Crippen LogP contribution in [0.25, 0.3) is 11.2 Å². The molecule has 2 N–H and O–H groups in total. The number of fused-ring (bicyclic) bond motifs is 1. The van der Waals surface area contributed by atoms with E-state index < -0.39 is 11.2 Å². The zero-order valence-electron chi connectivity index (χ0n) is 11.4. The van der Waals surface area contributed by atoms with Gasteiger partial charge in [0.1, 0.15) is 6.61 Å². The zero-order valence-corrected chi connectivity index (χ0v) is 11.4. The molecule has 2 aromatic rings. The maximum Gasteiger partial charge on any atom is 0.332 e. The molecule has 0 aromatic carbocycles. The maximum atomic E-state index is 11.9. The molecule has 0 amide bonds. The van der Waals surface area contributed by atoms with Crippen molar-refractivity contribution in [1.29, 1.82) is 0 Å². The van der Waals surface area contributed by atoms with Gasteiger partial charge in [0.05, 0.1) is 6.54 Å². The molecule has 2 heterocycles. The Labute approximate surface area is 113 Å². The second-order valence-electron chi connectivity index (χ2n) is 4.26. The van der Waals surface area contributed by atoms with Gasteiger partial charge in [-0.3, -0.25) is 18.7 Å². The van der Waals surface area contributed by atoms with Gasteiger partial charge in [-0.2, -0.15) is 4.98 Å². The average Bonchev–Trinajstić information content (AvgIpc) is 2.83. The number of ether oxygens (including phenoxy) is 1. The SMILES string of the molecule is CC(=O)OCCNc1nc2c([nH]1)c(=O)n(C)c(=O)n2C. The summed E-state index contributed by atoms with van der Waals surface area (Å²) < 4.78 is 7.04. The van der Waals surface area contributed by atoms with E-state index in [4.69, 9.17) is 4.74 Å². The third kappa shape index (κ3) is 2.42. The van der Waals surface area contributed by atoms with Crippen molar-refractivity contribution < 1.29 is 9.53 Å². The number of aryl methyl sites for hydroxylation is 1. The Bertz CT molecular complexity index is 769. The van der Waals surface area contributed by atoms with E-state index in [1.807, 2.05) is 0 Å². The molecule has 0 aliphatic heterocycles. The molecular formula is C11H15N5O4. The van der Waals surface area contributed by atoms with Crippen LogP contribution in [0.2, 0.25) is 0 Å². The molecule has 0 fully saturated rings. The van der Waals surface area contributed by atoms with Gasteiger partial charge in [-0.1, -0.05) is 0 Å². The van der Waals surface area contributed by atoms with Gasteiger partial charge < -0.3 is 15.0 Å². The highest BCUT2D eigenvalue weighted by molar-refractivity contribution is 5.72. The average molecular weight is 281 g/mol. The van der Waals surface area contributed by atoms with Crippen LogP contribution >= 0.6 is 0 Å². The second-order valence-corrected chi connectivity index (χ2v) is 4.26. The van der Waals surface area contributed by atoms with Crippen molar-refractivity contribution in [1.82, 2.24) is 19.1 Å². The standard InChI is InChI=1S/C11H15N5O4/c1-6(17)20-5-4-12-10-13-7-8(14-10)15(2)11(19)16(3)9(7)18/h4-5H2,1-3H3,(H2,12,13,14). The molecule has 2 aromatic heterocycles. The molecule has 0 bridgehead atoms. The summed E-state index contributed by atoms with van der Waals surface area (Å²) in [6, 6.07) is 0. The summed E-state index contributed by atoms with van der Waals surface area (Å²) >= 11 is 0. The van der Waals surface area contributed by atoms with Gasteiger partial charge in [0.2, 0.25) is 5.95 Å². The highest BCUT2D eigenvalue weighted by Gasteiger charge is 2.12. The van der Waals surface area contributed by atoms with Gasteiger partial charge in [0, 0.05) is 21.0 Å². The van der Waals surface area contributed by atoms with Gasteiger partial charge >= 0.3 is 11.7 Å². The highest BCUT2D eigenvalue weighted by atomic mass is 16.5. The van der Waals surface area contributed by atoms with E-state index in [0.717, 1.165) is 4.57 Å². The Morgan fingerprint density at radius 1 is 1.35 bits per heavy atom. The van der Waals surface area contributed by atoms with E-state index in [2.05, 4.69) is 15.3 Å². The fraction of sp³-hybridized carbons (Fsp3) is 0.455. The van der Waals surface area contributed by atoms with Crippen molar-refractivity contribution in [2.24, 2.45) is 14.1 Å². The molecule has 0 radical (unpaired) electrons. The summed E-state index contributed by atoms with van der Waals surface area (Å²) in [6.45, 7) is 1.84. The van der Waals surface area contributed by atoms with E-state index in [9.17, 15) is 14.4 Å². The highest BCUT2D eigenvalue weighted by Crippen LogP contribution is 2.07. The third-order valence-electron chi connectivity index (χ3n) is 2.79. The minimum atomic E-state index is -0.444. The molecule has 0 saturated carbocycles. The molecule has 0 unspecified atom stereocenters. The number of hydrogen-bond donors (Lipinski definition) is 2. The summed E-state index contributed by atoms with van der Waals surface area (Å²) in [4.78, 5) is 41.2. The van der Waals surface area contributed by atoms with E-state index in [0.29, 0.717) is 12.5 Å². The van der Waals surface area contributed by atoms with Crippen LogP contribution in [0.1, 0.15) is 6.92 Å². The van der Waals surface area contributed by atoms with Crippen molar-refractivity contribution in [2.45, 2.75) is 6.92 Å². The topological polar surface area (TPSA) is 111 Å². The summed E-state index contributed by atoms with van der Waals surface area (Å²) in [5.41, 5.74) is -0.373. The number of imidazole rings is 1. The number of aromatic nitrogens is 4. The monoisotopic (exact) mass is 281 g/mol. The fourth-order valence-corrected chi connectivity index (χ4v) is 1.77. The predicted molar refractivity (Wildman–Crippen MR) is 71.7 cm³/mol. The number of rotatable bonds is 4. The van der Waals surface area contributed by atoms with Gasteiger partial charge in [-0.15, -0.1) is 0 Å². The first-order chi connectivity index (χ1) is 9.41. The quantitative estimate of drug-likeness (QED) is 0.545. The lowest BCUT2D eigenvalue weighted by Crippen LogP contribution is -2.36. The van der Waals surface area contributed by atoms with Crippen LogP contribution in [-0.4, -0.2) is 38.2 Å². The van der Waals surface area contributed by atoms with Gasteiger partial charge in [-0.25, -0.2) is 4.79 Å². The first-order valence-electron chi connectivity index (χ1n) is 5.94. The first-order valence-corrected chi connectivity index (χ1v) is 5.94. The second kappa shape index (κ2) is 5.19. The Kier molecular flexibility index (Phi) is 3.59. The minimum Gasteiger partial charge on any atom is -0.464 e. The fourth-order valence-electron chi connectivity index (χ4n) is 1.77. The number of nitrogens with one attached hydrogen (secondary N) is 2. The molecule has 0 aliphatic rings. The number of anilines is 1. The maximum absolute atomic E-state index is 11.9. The number of aromatic amines is 1. The van der Waals surface area contributed by atoms with Crippen LogP contribution in [0.5, 0.6) is 0 Å². The van der Waals surface area contributed by atoms with E-state index in [1.54, 1.807) is 0 Å². The third-order valence-corrected chi connectivity index (χ3v) is 2.79.